The zero-order chi connectivity index (χ0) is 16.0. The molecular formula is C15H20BrNO4. The molecule has 0 fully saturated rings. The molecule has 116 valence electrons. The Morgan fingerprint density at radius 3 is 2.52 bits per heavy atom. The van der Waals surface area contributed by atoms with Gasteiger partial charge in [-0.3, -0.25) is 4.79 Å². The van der Waals surface area contributed by atoms with Crippen molar-refractivity contribution < 1.29 is 19.4 Å². The van der Waals surface area contributed by atoms with Gasteiger partial charge in [0.2, 0.25) is 5.91 Å². The normalized spacial score (nSPS) is 12.0. The zero-order valence-corrected chi connectivity index (χ0v) is 13.9. The monoisotopic (exact) mass is 357 g/mol. The molecule has 21 heavy (non-hydrogen) atoms. The molecule has 0 radical (unpaired) electrons. The van der Waals surface area contributed by atoms with Crippen molar-refractivity contribution in [2.75, 3.05) is 7.11 Å². The van der Waals surface area contributed by atoms with Gasteiger partial charge in [-0.2, -0.15) is 0 Å². The molecule has 0 aliphatic carbocycles. The molecular weight excluding hydrogens is 338 g/mol. The van der Waals surface area contributed by atoms with Crippen LogP contribution in [0.2, 0.25) is 0 Å². The number of nitrogens with one attached hydrogen (secondary N) is 1. The van der Waals surface area contributed by atoms with Crippen LogP contribution in [0.3, 0.4) is 0 Å². The van der Waals surface area contributed by atoms with Crippen molar-refractivity contribution in [3.63, 3.8) is 0 Å². The summed E-state index contributed by atoms with van der Waals surface area (Å²) in [6, 6.07) is 4.75. The molecule has 1 aromatic carbocycles. The van der Waals surface area contributed by atoms with Gasteiger partial charge in [0, 0.05) is 6.42 Å². The first kappa shape index (κ1) is 17.5. The first-order chi connectivity index (χ1) is 9.85. The number of aliphatic carboxylic acids is 1. The molecule has 0 unspecified atom stereocenters. The van der Waals surface area contributed by atoms with Crippen molar-refractivity contribution in [1.29, 1.82) is 0 Å². The minimum atomic E-state index is -1.01. The fourth-order valence-electron chi connectivity index (χ4n) is 1.88. The van der Waals surface area contributed by atoms with Crippen LogP contribution in [0.15, 0.2) is 22.7 Å². The third-order valence-corrected chi connectivity index (χ3v) is 3.73. The van der Waals surface area contributed by atoms with Gasteiger partial charge in [0.05, 0.1) is 11.6 Å². The van der Waals surface area contributed by atoms with Gasteiger partial charge in [0.1, 0.15) is 11.8 Å². The Morgan fingerprint density at radius 1 is 1.38 bits per heavy atom. The Hall–Kier alpha value is -1.56. The summed E-state index contributed by atoms with van der Waals surface area (Å²) in [6.45, 7) is 3.53. The highest BCUT2D eigenvalue weighted by molar-refractivity contribution is 9.10. The van der Waals surface area contributed by atoms with Crippen LogP contribution in [0.5, 0.6) is 5.75 Å². The quantitative estimate of drug-likeness (QED) is 0.786. The van der Waals surface area contributed by atoms with Crippen LogP contribution in [-0.4, -0.2) is 30.1 Å². The van der Waals surface area contributed by atoms with Crippen LogP contribution in [0, 0.1) is 5.92 Å². The van der Waals surface area contributed by atoms with Gasteiger partial charge in [-0.15, -0.1) is 0 Å². The summed E-state index contributed by atoms with van der Waals surface area (Å²) in [7, 11) is 1.59. The molecule has 1 amide bonds. The number of carbonyl (C=O) groups is 2. The Balaban J connectivity index is 2.56. The third kappa shape index (κ3) is 5.38. The van der Waals surface area contributed by atoms with Crippen molar-refractivity contribution in [3.05, 3.63) is 28.2 Å². The van der Waals surface area contributed by atoms with Gasteiger partial charge in [-0.1, -0.05) is 19.9 Å². The molecule has 0 saturated heterocycles. The molecule has 1 atom stereocenters. The van der Waals surface area contributed by atoms with E-state index in [9.17, 15) is 9.59 Å². The van der Waals surface area contributed by atoms with E-state index in [-0.39, 0.29) is 18.2 Å². The predicted octanol–water partition coefficient (Wildman–Crippen LogP) is 2.62. The van der Waals surface area contributed by atoms with E-state index < -0.39 is 12.0 Å². The van der Waals surface area contributed by atoms with Crippen LogP contribution in [0.25, 0.3) is 0 Å². The molecule has 6 heteroatoms. The van der Waals surface area contributed by atoms with Gasteiger partial charge < -0.3 is 15.2 Å². The summed E-state index contributed by atoms with van der Waals surface area (Å²) in [5, 5.41) is 11.6. The van der Waals surface area contributed by atoms with Crippen molar-refractivity contribution in [3.8, 4) is 5.75 Å². The number of ether oxygens (including phenoxy) is 1. The van der Waals surface area contributed by atoms with E-state index in [1.54, 1.807) is 21.0 Å². The maximum atomic E-state index is 11.8. The molecule has 2 N–H and O–H groups in total. The average molecular weight is 358 g/mol. The minimum absolute atomic E-state index is 0.151. The van der Waals surface area contributed by atoms with Crippen molar-refractivity contribution in [2.24, 2.45) is 5.92 Å². The zero-order valence-electron chi connectivity index (χ0n) is 12.4. The Labute approximate surface area is 132 Å². The Kier molecular flexibility index (Phi) is 6.68. The lowest BCUT2D eigenvalue weighted by molar-refractivity contribution is -0.143. The fourth-order valence-corrected chi connectivity index (χ4v) is 2.47. The molecule has 5 nitrogen and oxygen atoms in total. The number of methoxy groups -OCH3 is 1. The summed E-state index contributed by atoms with van der Waals surface area (Å²) in [5.74, 6) is -0.691. The van der Waals surface area contributed by atoms with Crippen LogP contribution in [-0.2, 0) is 16.0 Å². The molecule has 0 spiro atoms. The number of carboxylic acids is 1. The van der Waals surface area contributed by atoms with E-state index >= 15 is 0 Å². The first-order valence-electron chi connectivity index (χ1n) is 6.69. The van der Waals surface area contributed by atoms with Crippen LogP contribution in [0.4, 0.5) is 0 Å². The smallest absolute Gasteiger partial charge is 0.326 e. The Morgan fingerprint density at radius 2 is 2.05 bits per heavy atom. The summed E-state index contributed by atoms with van der Waals surface area (Å²) in [5.41, 5.74) is 0.981. The minimum Gasteiger partial charge on any atom is -0.496 e. The van der Waals surface area contributed by atoms with Crippen molar-refractivity contribution >= 4 is 27.8 Å². The molecule has 0 aliphatic rings. The SMILES string of the molecule is COc1ccc(CCC(=O)N[C@@H](C(=O)O)C(C)C)cc1Br. The molecule has 1 aromatic rings. The van der Waals surface area contributed by atoms with Crippen LogP contribution >= 0.6 is 15.9 Å². The van der Waals surface area contributed by atoms with Gasteiger partial charge in [-0.05, 0) is 46.0 Å². The number of halogens is 1. The van der Waals surface area contributed by atoms with Gasteiger partial charge in [0.15, 0.2) is 0 Å². The highest BCUT2D eigenvalue weighted by Crippen LogP contribution is 2.25. The maximum absolute atomic E-state index is 11.8. The Bertz CT molecular complexity index is 516. The van der Waals surface area contributed by atoms with Gasteiger partial charge >= 0.3 is 5.97 Å². The highest BCUT2D eigenvalue weighted by Gasteiger charge is 2.23. The van der Waals surface area contributed by atoms with Crippen molar-refractivity contribution in [1.82, 2.24) is 5.32 Å². The number of benzene rings is 1. The molecule has 0 aromatic heterocycles. The number of amides is 1. The summed E-state index contributed by atoms with van der Waals surface area (Å²) < 4.78 is 5.97. The van der Waals surface area contributed by atoms with Crippen LogP contribution in [0.1, 0.15) is 25.8 Å². The number of hydrogen-bond acceptors (Lipinski definition) is 3. The largest absolute Gasteiger partial charge is 0.496 e. The van der Waals surface area contributed by atoms with E-state index in [0.717, 1.165) is 15.8 Å². The van der Waals surface area contributed by atoms with E-state index in [0.29, 0.717) is 6.42 Å². The summed E-state index contributed by atoms with van der Waals surface area (Å²) >= 11 is 3.39. The highest BCUT2D eigenvalue weighted by atomic mass is 79.9. The topological polar surface area (TPSA) is 75.6 Å². The lowest BCUT2D eigenvalue weighted by Crippen LogP contribution is -2.44. The van der Waals surface area contributed by atoms with E-state index in [2.05, 4.69) is 21.2 Å². The third-order valence-electron chi connectivity index (χ3n) is 3.11. The lowest BCUT2D eigenvalue weighted by Gasteiger charge is -2.17. The number of carbonyl (C=O) groups excluding carboxylic acids is 1. The van der Waals surface area contributed by atoms with E-state index in [4.69, 9.17) is 9.84 Å². The maximum Gasteiger partial charge on any atom is 0.326 e. The van der Waals surface area contributed by atoms with Gasteiger partial charge in [0.25, 0.3) is 0 Å². The molecule has 0 aliphatic heterocycles. The number of aryl methyl sites for hydroxylation is 1. The standard InChI is InChI=1S/C15H20BrNO4/c1-9(2)14(15(19)20)17-13(18)7-5-10-4-6-12(21-3)11(16)8-10/h4,6,8-9,14H,5,7H2,1-3H3,(H,17,18)(H,19,20)/t14-/m1/s1. The van der Waals surface area contributed by atoms with Crippen LogP contribution < -0.4 is 10.1 Å². The second-order valence-electron chi connectivity index (χ2n) is 5.10. The second-order valence-corrected chi connectivity index (χ2v) is 5.95. The van der Waals surface area contributed by atoms with E-state index in [1.165, 1.54) is 0 Å². The van der Waals surface area contributed by atoms with Gasteiger partial charge in [-0.25, -0.2) is 4.79 Å². The first-order valence-corrected chi connectivity index (χ1v) is 7.49. The molecule has 0 saturated carbocycles. The second kappa shape index (κ2) is 8.02. The predicted molar refractivity (Wildman–Crippen MR) is 83.4 cm³/mol. The number of rotatable bonds is 7. The molecule has 1 rings (SSSR count). The van der Waals surface area contributed by atoms with E-state index in [1.807, 2.05) is 18.2 Å². The number of carboxylic acid groups (broad SMARTS) is 1. The average Bonchev–Trinajstić information content (AvgIpc) is 2.42. The summed E-state index contributed by atoms with van der Waals surface area (Å²) in [4.78, 5) is 22.9. The summed E-state index contributed by atoms with van der Waals surface area (Å²) in [6.07, 6.45) is 0.786. The van der Waals surface area contributed by atoms with Crippen molar-refractivity contribution in [2.45, 2.75) is 32.7 Å². The fraction of sp³-hybridized carbons (Fsp3) is 0.467. The molecule has 0 bridgehead atoms. The molecule has 0 heterocycles. The number of hydrogen-bond donors (Lipinski definition) is 2. The lowest BCUT2D eigenvalue weighted by atomic mass is 10.0.